The fourth-order valence-corrected chi connectivity index (χ4v) is 3.08. The van der Waals surface area contributed by atoms with E-state index in [0.717, 1.165) is 31.5 Å². The van der Waals surface area contributed by atoms with Gasteiger partial charge in [-0.25, -0.2) is 4.68 Å². The van der Waals surface area contributed by atoms with Gasteiger partial charge in [-0.15, -0.1) is 0 Å². The van der Waals surface area contributed by atoms with Gasteiger partial charge in [0.15, 0.2) is 0 Å². The third-order valence-electron chi connectivity index (χ3n) is 4.41. The van der Waals surface area contributed by atoms with Gasteiger partial charge in [-0.2, -0.15) is 5.10 Å². The highest BCUT2D eigenvalue weighted by molar-refractivity contribution is 5.41. The van der Waals surface area contributed by atoms with E-state index in [4.69, 9.17) is 0 Å². The zero-order valence-corrected chi connectivity index (χ0v) is 13.2. The van der Waals surface area contributed by atoms with Crippen LogP contribution in [0.5, 0.6) is 0 Å². The number of aliphatic hydroxyl groups excluding tert-OH is 1. The second kappa shape index (κ2) is 7.59. The van der Waals surface area contributed by atoms with Gasteiger partial charge in [0.25, 0.3) is 5.56 Å². The number of nitrogens with zero attached hydrogens (tertiary/aromatic N) is 3. The largest absolute Gasteiger partial charge is 0.391 e. The summed E-state index contributed by atoms with van der Waals surface area (Å²) in [5.41, 5.74) is 0.704. The average Bonchev–Trinajstić information content (AvgIpc) is 2.50. The highest BCUT2D eigenvalue weighted by Gasteiger charge is 2.22. The maximum absolute atomic E-state index is 12.1. The molecule has 5 nitrogen and oxygen atoms in total. The van der Waals surface area contributed by atoms with E-state index in [9.17, 15) is 9.90 Å². The summed E-state index contributed by atoms with van der Waals surface area (Å²) in [6, 6.07) is 1.61. The second-order valence-corrected chi connectivity index (χ2v) is 6.12. The normalized spacial score (nSPS) is 17.7. The van der Waals surface area contributed by atoms with Crippen LogP contribution in [0.1, 0.15) is 45.4 Å². The number of rotatable bonds is 6. The van der Waals surface area contributed by atoms with Gasteiger partial charge >= 0.3 is 0 Å². The summed E-state index contributed by atoms with van der Waals surface area (Å²) in [7, 11) is 1.96. The Morgan fingerprint density at radius 1 is 1.43 bits per heavy atom. The average molecular weight is 293 g/mol. The van der Waals surface area contributed by atoms with Crippen LogP contribution in [-0.4, -0.2) is 34.6 Å². The number of aliphatic hydroxyl groups is 1. The Labute approximate surface area is 126 Å². The van der Waals surface area contributed by atoms with Crippen LogP contribution in [-0.2, 0) is 6.54 Å². The molecule has 0 radical (unpaired) electrons. The molecule has 0 amide bonds. The SMILES string of the molecule is CCCN(C)c1cnn(CC(O)C2CCCCC2)c(=O)c1. The van der Waals surface area contributed by atoms with Gasteiger partial charge in [0.05, 0.1) is 24.5 Å². The fraction of sp³-hybridized carbons (Fsp3) is 0.750. The zero-order chi connectivity index (χ0) is 15.2. The third-order valence-corrected chi connectivity index (χ3v) is 4.41. The minimum absolute atomic E-state index is 0.134. The van der Waals surface area contributed by atoms with Crippen LogP contribution in [0, 0.1) is 5.92 Å². The molecule has 0 saturated heterocycles. The first-order valence-corrected chi connectivity index (χ1v) is 8.08. The topological polar surface area (TPSA) is 58.4 Å². The van der Waals surface area contributed by atoms with Gasteiger partial charge in [0, 0.05) is 19.7 Å². The van der Waals surface area contributed by atoms with Crippen molar-refractivity contribution in [2.45, 2.75) is 58.1 Å². The van der Waals surface area contributed by atoms with Crippen molar-refractivity contribution < 1.29 is 5.11 Å². The highest BCUT2D eigenvalue weighted by atomic mass is 16.3. The summed E-state index contributed by atoms with van der Waals surface area (Å²) in [5.74, 6) is 0.315. The fourth-order valence-electron chi connectivity index (χ4n) is 3.08. The molecule has 1 aromatic rings. The molecule has 1 N–H and O–H groups in total. The Morgan fingerprint density at radius 3 is 2.76 bits per heavy atom. The van der Waals surface area contributed by atoms with Crippen LogP contribution >= 0.6 is 0 Å². The minimum Gasteiger partial charge on any atom is -0.391 e. The molecule has 118 valence electrons. The van der Waals surface area contributed by atoms with Crippen molar-refractivity contribution in [1.82, 2.24) is 9.78 Å². The van der Waals surface area contributed by atoms with Crippen molar-refractivity contribution >= 4 is 5.69 Å². The molecule has 1 heterocycles. The summed E-state index contributed by atoms with van der Waals surface area (Å²) in [5, 5.41) is 14.5. The van der Waals surface area contributed by atoms with E-state index in [1.165, 1.54) is 23.9 Å². The molecule has 1 aliphatic rings. The minimum atomic E-state index is -0.463. The second-order valence-electron chi connectivity index (χ2n) is 6.12. The molecular weight excluding hydrogens is 266 g/mol. The van der Waals surface area contributed by atoms with Crippen LogP contribution in [0.3, 0.4) is 0 Å². The van der Waals surface area contributed by atoms with E-state index < -0.39 is 6.10 Å². The van der Waals surface area contributed by atoms with Crippen LogP contribution in [0.4, 0.5) is 5.69 Å². The quantitative estimate of drug-likeness (QED) is 0.872. The zero-order valence-electron chi connectivity index (χ0n) is 13.2. The van der Waals surface area contributed by atoms with Gasteiger partial charge in [-0.05, 0) is 25.2 Å². The maximum atomic E-state index is 12.1. The molecule has 1 aliphatic carbocycles. The van der Waals surface area contributed by atoms with Crippen molar-refractivity contribution in [3.8, 4) is 0 Å². The molecular formula is C16H27N3O2. The molecule has 0 spiro atoms. The van der Waals surface area contributed by atoms with Gasteiger partial charge in [0.1, 0.15) is 0 Å². The smallest absolute Gasteiger partial charge is 0.268 e. The van der Waals surface area contributed by atoms with Crippen molar-refractivity contribution in [3.63, 3.8) is 0 Å². The molecule has 2 rings (SSSR count). The van der Waals surface area contributed by atoms with Crippen molar-refractivity contribution in [3.05, 3.63) is 22.6 Å². The Morgan fingerprint density at radius 2 is 2.14 bits per heavy atom. The van der Waals surface area contributed by atoms with E-state index in [-0.39, 0.29) is 5.56 Å². The molecule has 1 aromatic heterocycles. The van der Waals surface area contributed by atoms with Crippen molar-refractivity contribution in [2.75, 3.05) is 18.5 Å². The van der Waals surface area contributed by atoms with E-state index >= 15 is 0 Å². The lowest BCUT2D eigenvalue weighted by Gasteiger charge is -2.26. The van der Waals surface area contributed by atoms with Gasteiger partial charge in [-0.1, -0.05) is 26.2 Å². The maximum Gasteiger partial charge on any atom is 0.268 e. The summed E-state index contributed by atoms with van der Waals surface area (Å²) in [6.45, 7) is 3.31. The van der Waals surface area contributed by atoms with Crippen molar-refractivity contribution in [2.24, 2.45) is 5.92 Å². The molecule has 1 fully saturated rings. The van der Waals surface area contributed by atoms with E-state index in [0.29, 0.717) is 12.5 Å². The monoisotopic (exact) mass is 293 g/mol. The Bertz CT molecular complexity index is 495. The van der Waals surface area contributed by atoms with E-state index in [2.05, 4.69) is 12.0 Å². The number of aromatic nitrogens is 2. The van der Waals surface area contributed by atoms with E-state index in [1.807, 2.05) is 11.9 Å². The lowest BCUT2D eigenvalue weighted by Crippen LogP contribution is -2.34. The molecule has 21 heavy (non-hydrogen) atoms. The van der Waals surface area contributed by atoms with Crippen LogP contribution in [0.25, 0.3) is 0 Å². The number of anilines is 1. The number of hydrogen-bond donors (Lipinski definition) is 1. The molecule has 1 saturated carbocycles. The summed E-state index contributed by atoms with van der Waals surface area (Å²) >= 11 is 0. The van der Waals surface area contributed by atoms with Crippen LogP contribution in [0.15, 0.2) is 17.1 Å². The third kappa shape index (κ3) is 4.30. The Balaban J connectivity index is 2.01. The van der Waals surface area contributed by atoms with E-state index in [1.54, 1.807) is 12.3 Å². The predicted molar refractivity (Wildman–Crippen MR) is 84.6 cm³/mol. The molecule has 1 atom stereocenters. The molecule has 0 aromatic carbocycles. The van der Waals surface area contributed by atoms with Gasteiger partial charge < -0.3 is 10.0 Å². The van der Waals surface area contributed by atoms with Crippen molar-refractivity contribution in [1.29, 1.82) is 0 Å². The molecule has 0 bridgehead atoms. The summed E-state index contributed by atoms with van der Waals surface area (Å²) in [6.07, 6.45) is 8.04. The van der Waals surface area contributed by atoms with Crippen LogP contribution in [0.2, 0.25) is 0 Å². The first-order chi connectivity index (χ1) is 10.1. The van der Waals surface area contributed by atoms with Gasteiger partial charge in [0.2, 0.25) is 0 Å². The number of hydrogen-bond acceptors (Lipinski definition) is 4. The molecule has 1 unspecified atom stereocenters. The Kier molecular flexibility index (Phi) is 5.79. The predicted octanol–water partition coefficient (Wildman–Crippen LogP) is 2.03. The van der Waals surface area contributed by atoms with Crippen LogP contribution < -0.4 is 10.5 Å². The van der Waals surface area contributed by atoms with Gasteiger partial charge in [-0.3, -0.25) is 4.79 Å². The lowest BCUT2D eigenvalue weighted by molar-refractivity contribution is 0.0651. The lowest BCUT2D eigenvalue weighted by atomic mass is 9.85. The highest BCUT2D eigenvalue weighted by Crippen LogP contribution is 2.26. The summed E-state index contributed by atoms with van der Waals surface area (Å²) in [4.78, 5) is 14.2. The summed E-state index contributed by atoms with van der Waals surface area (Å²) < 4.78 is 1.39. The Hall–Kier alpha value is -1.36. The first kappa shape index (κ1) is 16.0. The molecule has 0 aliphatic heterocycles. The standard InChI is InChI=1S/C16H27N3O2/c1-3-9-18(2)14-10-16(21)19(17-11-14)12-15(20)13-7-5-4-6-8-13/h10-11,13,15,20H,3-9,12H2,1-2H3. The molecule has 5 heteroatoms. The first-order valence-electron chi connectivity index (χ1n) is 8.08.